The van der Waals surface area contributed by atoms with E-state index in [9.17, 15) is 26.7 Å². The Kier molecular flexibility index (Phi) is 6.79. The highest BCUT2D eigenvalue weighted by molar-refractivity contribution is 7.91. The summed E-state index contributed by atoms with van der Waals surface area (Å²) in [6, 6.07) is 12.5. The Labute approximate surface area is 221 Å². The second-order valence-corrected chi connectivity index (χ2v) is 13.4. The van der Waals surface area contributed by atoms with Crippen molar-refractivity contribution in [2.24, 2.45) is 5.14 Å². The van der Waals surface area contributed by atoms with E-state index in [2.05, 4.69) is 15.2 Å². The first-order valence-electron chi connectivity index (χ1n) is 11.1. The first-order valence-corrected chi connectivity index (χ1v) is 15.5. The zero-order valence-corrected chi connectivity index (χ0v) is 22.3. The first kappa shape index (κ1) is 26.3. The van der Waals surface area contributed by atoms with Gasteiger partial charge in [0.15, 0.2) is 15.1 Å². The van der Waals surface area contributed by atoms with Gasteiger partial charge in [0.1, 0.15) is 5.01 Å². The normalized spacial score (nSPS) is 15.5. The molecular weight excluding hydrogens is 556 g/mol. The van der Waals surface area contributed by atoms with Gasteiger partial charge in [-0.3, -0.25) is 4.79 Å². The highest BCUT2D eigenvalue weighted by Crippen LogP contribution is 2.36. The summed E-state index contributed by atoms with van der Waals surface area (Å²) >= 11 is 1.14. The molecule has 4 aromatic rings. The Morgan fingerprint density at radius 3 is 2.61 bits per heavy atom. The molecule has 1 amide bonds. The monoisotopic (exact) mass is 578 g/mol. The standard InChI is InChI=1S/C22H22N6O7S3/c1-37(31,32)19(20-27-26-18(35-20)9-24-38(23,33)34)21-25-16-6-5-13(8-17(16)36-21)12-3-2-4-14(7-12)22(30)28-10-15(29)11-28/h2-8,15,19,24,29H,9-11H2,1H3,(H2,23,33,34). The summed E-state index contributed by atoms with van der Waals surface area (Å²) in [5.74, 6) is -0.568. The summed E-state index contributed by atoms with van der Waals surface area (Å²) in [6.45, 7) is 0.222. The van der Waals surface area contributed by atoms with Crippen molar-refractivity contribution < 1.29 is 31.2 Å². The van der Waals surface area contributed by atoms with Crippen LogP contribution in [0.1, 0.15) is 32.4 Å². The molecule has 0 saturated carbocycles. The molecule has 13 nitrogen and oxygen atoms in total. The summed E-state index contributed by atoms with van der Waals surface area (Å²) in [7, 11) is -7.82. The van der Waals surface area contributed by atoms with Gasteiger partial charge in [-0.2, -0.15) is 13.1 Å². The van der Waals surface area contributed by atoms with E-state index in [4.69, 9.17) is 9.56 Å². The molecular formula is C22H22N6O7S3. The van der Waals surface area contributed by atoms with Crippen LogP contribution in [0.4, 0.5) is 0 Å². The van der Waals surface area contributed by atoms with E-state index in [1.165, 1.54) is 0 Å². The molecule has 0 bridgehead atoms. The lowest BCUT2D eigenvalue weighted by molar-refractivity contribution is 0.00590. The van der Waals surface area contributed by atoms with Crippen LogP contribution in [0.2, 0.25) is 0 Å². The lowest BCUT2D eigenvalue weighted by atomic mass is 10.0. The molecule has 16 heteroatoms. The third kappa shape index (κ3) is 5.59. The van der Waals surface area contributed by atoms with Gasteiger partial charge in [-0.1, -0.05) is 18.2 Å². The maximum Gasteiger partial charge on any atom is 0.274 e. The fourth-order valence-electron chi connectivity index (χ4n) is 3.95. The molecule has 3 heterocycles. The van der Waals surface area contributed by atoms with Crippen molar-refractivity contribution in [1.29, 1.82) is 0 Å². The van der Waals surface area contributed by atoms with E-state index >= 15 is 0 Å². The smallest absolute Gasteiger partial charge is 0.274 e. The Morgan fingerprint density at radius 1 is 1.18 bits per heavy atom. The van der Waals surface area contributed by atoms with Gasteiger partial charge in [0, 0.05) is 24.9 Å². The molecule has 1 aliphatic heterocycles. The van der Waals surface area contributed by atoms with Crippen LogP contribution in [0.15, 0.2) is 46.9 Å². The second-order valence-electron chi connectivity index (χ2n) is 8.79. The number of sulfone groups is 1. The highest BCUT2D eigenvalue weighted by Gasteiger charge is 2.34. The van der Waals surface area contributed by atoms with Crippen molar-refractivity contribution in [1.82, 2.24) is 24.8 Å². The summed E-state index contributed by atoms with van der Waals surface area (Å²) in [6.07, 6.45) is 0.527. The Hall–Kier alpha value is -3.28. The van der Waals surface area contributed by atoms with Crippen molar-refractivity contribution in [3.8, 4) is 11.1 Å². The first-order chi connectivity index (χ1) is 17.9. The lowest BCUT2D eigenvalue weighted by Crippen LogP contribution is -2.53. The van der Waals surface area contributed by atoms with Gasteiger partial charge < -0.3 is 14.4 Å². The van der Waals surface area contributed by atoms with Crippen molar-refractivity contribution in [3.05, 3.63) is 64.8 Å². The number of thiazole rings is 1. The number of nitrogens with zero attached hydrogens (tertiary/aromatic N) is 4. The highest BCUT2D eigenvalue weighted by atomic mass is 32.2. The van der Waals surface area contributed by atoms with Crippen molar-refractivity contribution in [3.63, 3.8) is 0 Å². The number of likely N-dealkylation sites (tertiary alicyclic amines) is 1. The molecule has 5 rings (SSSR count). The SMILES string of the molecule is CS(=O)(=O)C(c1nnc(CNS(N)(=O)=O)o1)c1nc2ccc(-c3cccc(C(=O)N4CC(O)C4)c3)cc2s1. The molecule has 1 fully saturated rings. The maximum atomic E-state index is 12.7. The number of amides is 1. The predicted octanol–water partition coefficient (Wildman–Crippen LogP) is 0.590. The Bertz CT molecular complexity index is 1740. The minimum atomic E-state index is -4.01. The van der Waals surface area contributed by atoms with Gasteiger partial charge in [-0.25, -0.2) is 18.5 Å². The number of nitrogens with two attached hydrogens (primary N) is 1. The molecule has 1 atom stereocenters. The van der Waals surface area contributed by atoms with Crippen LogP contribution in [0.5, 0.6) is 0 Å². The number of β-amino-alcohol motifs (C(OH)–C–C–N with tert-alkyl or cyclic N) is 1. The minimum Gasteiger partial charge on any atom is -0.422 e. The van der Waals surface area contributed by atoms with Crippen molar-refractivity contribution in [2.75, 3.05) is 19.3 Å². The molecule has 4 N–H and O–H groups in total. The number of benzene rings is 2. The Balaban J connectivity index is 1.45. The molecule has 200 valence electrons. The largest absolute Gasteiger partial charge is 0.422 e. The second kappa shape index (κ2) is 9.79. The number of hydrogen-bond donors (Lipinski definition) is 3. The molecule has 0 radical (unpaired) electrons. The summed E-state index contributed by atoms with van der Waals surface area (Å²) in [5, 5.41) is 20.7. The zero-order chi connectivity index (χ0) is 27.2. The summed E-state index contributed by atoms with van der Waals surface area (Å²) in [4.78, 5) is 18.7. The van der Waals surface area contributed by atoms with Crippen LogP contribution in [0, 0.1) is 0 Å². The van der Waals surface area contributed by atoms with Crippen molar-refractivity contribution >= 4 is 47.5 Å². The minimum absolute atomic E-state index is 0.159. The van der Waals surface area contributed by atoms with Crippen LogP contribution in [-0.4, -0.2) is 73.4 Å². The van der Waals surface area contributed by atoms with E-state index in [0.717, 1.165) is 28.7 Å². The number of hydrogen-bond acceptors (Lipinski definition) is 11. The van der Waals surface area contributed by atoms with Crippen LogP contribution >= 0.6 is 11.3 Å². The third-order valence-corrected chi connectivity index (χ3v) is 8.84. The lowest BCUT2D eigenvalue weighted by Gasteiger charge is -2.35. The fourth-order valence-corrected chi connectivity index (χ4v) is 6.80. The number of aliphatic hydroxyl groups excluding tert-OH is 1. The molecule has 1 aliphatic rings. The summed E-state index contributed by atoms with van der Waals surface area (Å²) in [5.41, 5.74) is 2.65. The Morgan fingerprint density at radius 2 is 1.92 bits per heavy atom. The number of nitrogens with one attached hydrogen (secondary N) is 1. The van der Waals surface area contributed by atoms with Gasteiger partial charge in [-0.05, 0) is 35.4 Å². The van der Waals surface area contributed by atoms with E-state index in [1.807, 2.05) is 22.9 Å². The average Bonchev–Trinajstić information content (AvgIpc) is 3.45. The summed E-state index contributed by atoms with van der Waals surface area (Å²) < 4.78 is 55.7. The third-order valence-electron chi connectivity index (χ3n) is 5.78. The number of rotatable bonds is 8. The number of aliphatic hydroxyl groups is 1. The topological polar surface area (TPSA) is 199 Å². The molecule has 1 saturated heterocycles. The fraction of sp³-hybridized carbons (Fsp3) is 0.273. The zero-order valence-electron chi connectivity index (χ0n) is 19.8. The van der Waals surface area contributed by atoms with Gasteiger partial charge >= 0.3 is 0 Å². The molecule has 2 aromatic heterocycles. The molecule has 38 heavy (non-hydrogen) atoms. The number of carbonyl (C=O) groups excluding carboxylic acids is 1. The number of fused-ring (bicyclic) bond motifs is 1. The molecule has 2 aromatic carbocycles. The van der Waals surface area contributed by atoms with Crippen molar-refractivity contribution in [2.45, 2.75) is 17.9 Å². The van der Waals surface area contributed by atoms with Gasteiger partial charge in [-0.15, -0.1) is 21.5 Å². The predicted molar refractivity (Wildman–Crippen MR) is 138 cm³/mol. The van der Waals surface area contributed by atoms with Crippen LogP contribution in [-0.2, 0) is 26.6 Å². The van der Waals surface area contributed by atoms with Crippen LogP contribution in [0.3, 0.4) is 0 Å². The van der Waals surface area contributed by atoms with E-state index in [0.29, 0.717) is 28.9 Å². The number of carbonyl (C=O) groups is 1. The molecule has 1 unspecified atom stereocenters. The van der Waals surface area contributed by atoms with E-state index < -0.39 is 37.9 Å². The number of aromatic nitrogens is 3. The van der Waals surface area contributed by atoms with E-state index in [1.54, 1.807) is 29.2 Å². The van der Waals surface area contributed by atoms with Gasteiger partial charge in [0.25, 0.3) is 16.1 Å². The van der Waals surface area contributed by atoms with Crippen LogP contribution in [0.25, 0.3) is 21.3 Å². The molecule has 0 spiro atoms. The average molecular weight is 579 g/mol. The van der Waals surface area contributed by atoms with Gasteiger partial charge in [0.05, 0.1) is 22.9 Å². The molecule has 0 aliphatic carbocycles. The van der Waals surface area contributed by atoms with Gasteiger partial charge in [0.2, 0.25) is 11.8 Å². The van der Waals surface area contributed by atoms with E-state index in [-0.39, 0.29) is 22.7 Å². The quantitative estimate of drug-likeness (QED) is 0.266. The maximum absolute atomic E-state index is 12.7. The van der Waals surface area contributed by atoms with Crippen LogP contribution < -0.4 is 9.86 Å².